The highest BCUT2D eigenvalue weighted by molar-refractivity contribution is 5.79. The molecule has 0 radical (unpaired) electrons. The van der Waals surface area contributed by atoms with Crippen molar-refractivity contribution in [3.8, 4) is 23.1 Å². The number of nitrogens with zero attached hydrogens (tertiary/aromatic N) is 7. The fourth-order valence-electron chi connectivity index (χ4n) is 5.04. The number of ether oxygens (including phenoxy) is 1. The number of hydrogen-bond donors (Lipinski definition) is 1. The van der Waals surface area contributed by atoms with Gasteiger partial charge in [0.05, 0.1) is 54.1 Å². The molecule has 6 rings (SSSR count). The van der Waals surface area contributed by atoms with E-state index in [4.69, 9.17) is 4.74 Å². The molecule has 11 heteroatoms. The van der Waals surface area contributed by atoms with E-state index in [2.05, 4.69) is 25.4 Å². The monoisotopic (exact) mass is 504 g/mol. The summed E-state index contributed by atoms with van der Waals surface area (Å²) in [5.41, 5.74) is 3.44. The summed E-state index contributed by atoms with van der Waals surface area (Å²) in [6.45, 7) is 5.52. The van der Waals surface area contributed by atoms with Crippen LogP contribution in [0, 0.1) is 18.3 Å². The first-order chi connectivity index (χ1) is 18.0. The number of rotatable bonds is 6. The number of pyridine rings is 2. The van der Waals surface area contributed by atoms with E-state index in [0.29, 0.717) is 23.5 Å². The van der Waals surface area contributed by atoms with Gasteiger partial charge in [0.2, 0.25) is 0 Å². The largest absolute Gasteiger partial charge is 0.381 e. The van der Waals surface area contributed by atoms with Crippen molar-refractivity contribution >= 4 is 11.2 Å². The zero-order chi connectivity index (χ0) is 25.5. The first-order valence-corrected chi connectivity index (χ1v) is 12.3. The van der Waals surface area contributed by atoms with Gasteiger partial charge in [0.1, 0.15) is 6.07 Å². The van der Waals surface area contributed by atoms with Crippen LogP contribution in [0.2, 0.25) is 0 Å². The van der Waals surface area contributed by atoms with Gasteiger partial charge in [-0.15, -0.1) is 0 Å². The van der Waals surface area contributed by atoms with Crippen molar-refractivity contribution in [2.45, 2.75) is 38.3 Å². The zero-order valence-corrected chi connectivity index (χ0v) is 20.3. The van der Waals surface area contributed by atoms with Gasteiger partial charge in [-0.05, 0) is 50.1 Å². The Kier molecular flexibility index (Phi) is 6.06. The molecule has 1 N–H and O–H groups in total. The molecular weight excluding hydrogens is 478 g/mol. The third-order valence-electron chi connectivity index (χ3n) is 7.17. The molecule has 2 aliphatic heterocycles. The molecule has 0 spiro atoms. The minimum Gasteiger partial charge on any atom is -0.381 e. The summed E-state index contributed by atoms with van der Waals surface area (Å²) in [7, 11) is 0. The number of piperidine rings is 1. The average Bonchev–Trinajstić information content (AvgIpc) is 3.46. The molecule has 0 bridgehead atoms. The Balaban J connectivity index is 1.25. The first-order valence-electron chi connectivity index (χ1n) is 12.3. The highest BCUT2D eigenvalue weighted by Gasteiger charge is 2.29. The van der Waals surface area contributed by atoms with Crippen LogP contribution in [-0.4, -0.2) is 67.7 Å². The second kappa shape index (κ2) is 9.53. The Morgan fingerprint density at radius 1 is 1.16 bits per heavy atom. The standard InChI is InChI=1S/C26H26F2N8O/c1-16-10-19(11-29)33-36(16)26-21(25(27)28)3-4-23(32-26)22-12-30-35-13-18(2-5-24(22)35)31-17-6-8-34(9-7-17)20-14-37-15-20/h2-5,10,12-13,17,20,25,31H,6-9,14-15H2,1H3. The minimum absolute atomic E-state index is 0.00365. The fraction of sp³-hybridized carbons (Fsp3) is 0.385. The maximum atomic E-state index is 13.8. The zero-order valence-electron chi connectivity index (χ0n) is 20.3. The van der Waals surface area contributed by atoms with E-state index in [1.165, 1.54) is 10.7 Å². The summed E-state index contributed by atoms with van der Waals surface area (Å²) in [4.78, 5) is 7.05. The van der Waals surface area contributed by atoms with Crippen molar-refractivity contribution in [1.29, 1.82) is 5.26 Å². The van der Waals surface area contributed by atoms with Crippen LogP contribution in [0.25, 0.3) is 22.6 Å². The van der Waals surface area contributed by atoms with E-state index in [-0.39, 0.29) is 17.1 Å². The Morgan fingerprint density at radius 2 is 1.97 bits per heavy atom. The molecule has 190 valence electrons. The van der Waals surface area contributed by atoms with E-state index in [0.717, 1.165) is 55.9 Å². The quantitative estimate of drug-likeness (QED) is 0.424. The van der Waals surface area contributed by atoms with Gasteiger partial charge >= 0.3 is 0 Å². The number of anilines is 1. The van der Waals surface area contributed by atoms with Crippen molar-refractivity contribution in [3.63, 3.8) is 0 Å². The molecule has 2 aliphatic rings. The van der Waals surface area contributed by atoms with Crippen LogP contribution in [0.15, 0.2) is 42.7 Å². The molecule has 0 atom stereocenters. The Bertz CT molecular complexity index is 1480. The van der Waals surface area contributed by atoms with Gasteiger partial charge in [0.25, 0.3) is 6.43 Å². The van der Waals surface area contributed by atoms with Gasteiger partial charge in [0, 0.05) is 30.4 Å². The Hall–Kier alpha value is -3.88. The Labute approximate surface area is 212 Å². The number of fused-ring (bicyclic) bond motifs is 1. The molecule has 0 amide bonds. The molecule has 2 saturated heterocycles. The highest BCUT2D eigenvalue weighted by atomic mass is 19.3. The molecule has 2 fully saturated rings. The molecule has 0 aromatic carbocycles. The molecule has 4 aromatic rings. The van der Waals surface area contributed by atoms with Crippen LogP contribution in [0.1, 0.15) is 36.2 Å². The lowest BCUT2D eigenvalue weighted by Crippen LogP contribution is -2.53. The van der Waals surface area contributed by atoms with E-state index >= 15 is 0 Å². The second-order valence-corrected chi connectivity index (χ2v) is 9.56. The number of alkyl halides is 2. The molecule has 4 aromatic heterocycles. The van der Waals surface area contributed by atoms with Gasteiger partial charge in [-0.1, -0.05) is 0 Å². The summed E-state index contributed by atoms with van der Waals surface area (Å²) < 4.78 is 36.0. The summed E-state index contributed by atoms with van der Waals surface area (Å²) in [5.74, 6) is 0.00365. The lowest BCUT2D eigenvalue weighted by atomic mass is 10.0. The van der Waals surface area contributed by atoms with Gasteiger partial charge in [-0.25, -0.2) is 23.0 Å². The molecule has 6 heterocycles. The van der Waals surface area contributed by atoms with E-state index < -0.39 is 6.43 Å². The van der Waals surface area contributed by atoms with Crippen LogP contribution in [0.3, 0.4) is 0 Å². The van der Waals surface area contributed by atoms with E-state index in [1.807, 2.05) is 24.4 Å². The van der Waals surface area contributed by atoms with Gasteiger partial charge < -0.3 is 10.1 Å². The van der Waals surface area contributed by atoms with Gasteiger partial charge in [0.15, 0.2) is 11.5 Å². The Morgan fingerprint density at radius 3 is 2.65 bits per heavy atom. The number of aryl methyl sites for hydroxylation is 1. The number of nitriles is 1. The third kappa shape index (κ3) is 4.43. The van der Waals surface area contributed by atoms with E-state index in [9.17, 15) is 14.0 Å². The maximum absolute atomic E-state index is 13.8. The van der Waals surface area contributed by atoms with Crippen molar-refractivity contribution in [2.75, 3.05) is 31.6 Å². The predicted molar refractivity (Wildman–Crippen MR) is 133 cm³/mol. The van der Waals surface area contributed by atoms with Crippen molar-refractivity contribution in [3.05, 3.63) is 59.7 Å². The fourth-order valence-corrected chi connectivity index (χ4v) is 5.04. The molecular formula is C26H26F2N8O. The summed E-state index contributed by atoms with van der Waals surface area (Å²) in [6.07, 6.45) is 3.03. The molecule has 9 nitrogen and oxygen atoms in total. The van der Waals surface area contributed by atoms with Crippen LogP contribution < -0.4 is 5.32 Å². The third-order valence-corrected chi connectivity index (χ3v) is 7.17. The van der Waals surface area contributed by atoms with Crippen LogP contribution in [0.4, 0.5) is 14.5 Å². The number of likely N-dealkylation sites (tertiary alicyclic amines) is 1. The lowest BCUT2D eigenvalue weighted by molar-refractivity contribution is -0.0705. The topological polar surface area (TPSA) is 96.3 Å². The minimum atomic E-state index is -2.74. The van der Waals surface area contributed by atoms with Crippen LogP contribution in [-0.2, 0) is 4.74 Å². The predicted octanol–water partition coefficient (Wildman–Crippen LogP) is 3.97. The summed E-state index contributed by atoms with van der Waals surface area (Å²) in [6, 6.07) is 11.4. The summed E-state index contributed by atoms with van der Waals surface area (Å²) in [5, 5.41) is 21.4. The first kappa shape index (κ1) is 23.5. The number of hydrogen-bond acceptors (Lipinski definition) is 7. The molecule has 0 saturated carbocycles. The molecule has 37 heavy (non-hydrogen) atoms. The average molecular weight is 505 g/mol. The number of aromatic nitrogens is 5. The van der Waals surface area contributed by atoms with E-state index in [1.54, 1.807) is 29.8 Å². The second-order valence-electron chi connectivity index (χ2n) is 9.56. The lowest BCUT2D eigenvalue weighted by Gasteiger charge is -2.41. The SMILES string of the molecule is Cc1cc(C#N)nn1-c1nc(-c2cnn3cc(NC4CCN(C5COC5)CC4)ccc23)ccc1C(F)F. The maximum Gasteiger partial charge on any atom is 0.267 e. The van der Waals surface area contributed by atoms with Crippen molar-refractivity contribution in [2.24, 2.45) is 0 Å². The number of halogens is 2. The normalized spacial score (nSPS) is 17.3. The van der Waals surface area contributed by atoms with Crippen LogP contribution in [0.5, 0.6) is 0 Å². The number of nitrogens with one attached hydrogen (secondary N) is 1. The summed E-state index contributed by atoms with van der Waals surface area (Å²) >= 11 is 0. The molecule has 0 aliphatic carbocycles. The van der Waals surface area contributed by atoms with Crippen LogP contribution >= 0.6 is 0 Å². The smallest absolute Gasteiger partial charge is 0.267 e. The highest BCUT2D eigenvalue weighted by Crippen LogP contribution is 2.31. The van der Waals surface area contributed by atoms with Crippen molar-refractivity contribution in [1.82, 2.24) is 29.3 Å². The van der Waals surface area contributed by atoms with Gasteiger partial charge in [-0.2, -0.15) is 15.5 Å². The van der Waals surface area contributed by atoms with Crippen molar-refractivity contribution < 1.29 is 13.5 Å². The van der Waals surface area contributed by atoms with Gasteiger partial charge in [-0.3, -0.25) is 4.90 Å². The molecule has 0 unspecified atom stereocenters.